The quantitative estimate of drug-likeness (QED) is 0.647. The number of aliphatic hydroxyl groups is 1. The van der Waals surface area contributed by atoms with E-state index in [4.69, 9.17) is 14.2 Å². The molecular formula is C16H25NO4. The van der Waals surface area contributed by atoms with E-state index >= 15 is 0 Å². The molecule has 0 aromatic heterocycles. The lowest BCUT2D eigenvalue weighted by Crippen LogP contribution is -2.35. The second kappa shape index (κ2) is 9.26. The van der Waals surface area contributed by atoms with Crippen LogP contribution in [0.3, 0.4) is 0 Å². The third-order valence-corrected chi connectivity index (χ3v) is 2.70. The highest BCUT2D eigenvalue weighted by molar-refractivity contribution is 5.45. The Morgan fingerprint density at radius 1 is 1.29 bits per heavy atom. The zero-order valence-electron chi connectivity index (χ0n) is 13.0. The number of rotatable bonds is 10. The highest BCUT2D eigenvalue weighted by atomic mass is 16.5. The van der Waals surface area contributed by atoms with Gasteiger partial charge in [0.05, 0.1) is 7.11 Å². The molecule has 1 aromatic carbocycles. The Morgan fingerprint density at radius 2 is 2.05 bits per heavy atom. The maximum Gasteiger partial charge on any atom is 0.165 e. The predicted molar refractivity (Wildman–Crippen MR) is 83.3 cm³/mol. The molecule has 0 fully saturated rings. The zero-order chi connectivity index (χ0) is 15.7. The number of ether oxygens (including phenoxy) is 3. The van der Waals surface area contributed by atoms with Gasteiger partial charge in [0, 0.05) is 18.7 Å². The molecular weight excluding hydrogens is 270 g/mol. The van der Waals surface area contributed by atoms with Gasteiger partial charge in [0.15, 0.2) is 11.5 Å². The van der Waals surface area contributed by atoms with E-state index < -0.39 is 6.10 Å². The van der Waals surface area contributed by atoms with Gasteiger partial charge >= 0.3 is 0 Å². The summed E-state index contributed by atoms with van der Waals surface area (Å²) in [5.74, 6) is 1.81. The molecule has 118 valence electrons. The van der Waals surface area contributed by atoms with E-state index in [-0.39, 0.29) is 6.61 Å². The summed E-state index contributed by atoms with van der Waals surface area (Å²) >= 11 is 0. The van der Waals surface area contributed by atoms with Gasteiger partial charge in [-0.15, -0.1) is 0 Å². The van der Waals surface area contributed by atoms with Crippen molar-refractivity contribution in [2.45, 2.75) is 26.0 Å². The van der Waals surface area contributed by atoms with Gasteiger partial charge in [-0.2, -0.15) is 0 Å². The highest BCUT2D eigenvalue weighted by Crippen LogP contribution is 2.31. The average Bonchev–Trinajstić information content (AvgIpc) is 2.49. The van der Waals surface area contributed by atoms with Crippen molar-refractivity contribution in [3.63, 3.8) is 0 Å². The molecule has 1 atom stereocenters. The SMILES string of the molecule is C=CCOc1ccc(OC)cc1OC[C@@H](O)CNC(C)C. The Kier molecular flexibility index (Phi) is 7.64. The first-order valence-electron chi connectivity index (χ1n) is 7.02. The topological polar surface area (TPSA) is 60.0 Å². The van der Waals surface area contributed by atoms with Crippen molar-refractivity contribution >= 4 is 0 Å². The Bertz CT molecular complexity index is 434. The normalized spacial score (nSPS) is 12.0. The van der Waals surface area contributed by atoms with Gasteiger partial charge in [-0.3, -0.25) is 0 Å². The fourth-order valence-electron chi connectivity index (χ4n) is 1.61. The van der Waals surface area contributed by atoms with E-state index in [2.05, 4.69) is 11.9 Å². The van der Waals surface area contributed by atoms with Crippen molar-refractivity contribution in [2.75, 3.05) is 26.9 Å². The van der Waals surface area contributed by atoms with Crippen molar-refractivity contribution in [2.24, 2.45) is 0 Å². The maximum absolute atomic E-state index is 9.88. The summed E-state index contributed by atoms with van der Waals surface area (Å²) in [6.07, 6.45) is 1.07. The van der Waals surface area contributed by atoms with Crippen LogP contribution >= 0.6 is 0 Å². The Balaban J connectivity index is 2.63. The standard InChI is InChI=1S/C16H25NO4/c1-5-8-20-15-7-6-14(19-4)9-16(15)21-11-13(18)10-17-12(2)3/h5-7,9,12-13,17-18H,1,8,10-11H2,2-4H3/t13-/m0/s1. The molecule has 0 spiro atoms. The summed E-state index contributed by atoms with van der Waals surface area (Å²) in [4.78, 5) is 0. The molecule has 0 amide bonds. The molecule has 0 aliphatic rings. The first-order chi connectivity index (χ1) is 10.1. The first-order valence-corrected chi connectivity index (χ1v) is 7.02. The zero-order valence-corrected chi connectivity index (χ0v) is 13.0. The van der Waals surface area contributed by atoms with Crippen molar-refractivity contribution in [1.29, 1.82) is 0 Å². The molecule has 0 unspecified atom stereocenters. The summed E-state index contributed by atoms with van der Waals surface area (Å²) in [6, 6.07) is 5.63. The molecule has 0 saturated heterocycles. The minimum absolute atomic E-state index is 0.178. The van der Waals surface area contributed by atoms with Crippen LogP contribution in [-0.2, 0) is 0 Å². The van der Waals surface area contributed by atoms with Crippen LogP contribution in [-0.4, -0.2) is 44.1 Å². The summed E-state index contributed by atoms with van der Waals surface area (Å²) in [5.41, 5.74) is 0. The Hall–Kier alpha value is -1.72. The van der Waals surface area contributed by atoms with Crippen LogP contribution in [0.25, 0.3) is 0 Å². The van der Waals surface area contributed by atoms with E-state index in [9.17, 15) is 5.11 Å². The van der Waals surface area contributed by atoms with E-state index in [1.54, 1.807) is 31.4 Å². The second-order valence-corrected chi connectivity index (χ2v) is 4.94. The van der Waals surface area contributed by atoms with Crippen LogP contribution in [0, 0.1) is 0 Å². The average molecular weight is 295 g/mol. The summed E-state index contributed by atoms with van der Waals surface area (Å²) in [7, 11) is 1.59. The largest absolute Gasteiger partial charge is 0.497 e. The molecule has 0 aliphatic heterocycles. The van der Waals surface area contributed by atoms with Crippen molar-refractivity contribution in [1.82, 2.24) is 5.32 Å². The summed E-state index contributed by atoms with van der Waals surface area (Å²) in [5, 5.41) is 13.0. The number of aliphatic hydroxyl groups excluding tert-OH is 1. The summed E-state index contributed by atoms with van der Waals surface area (Å²) in [6.45, 7) is 8.71. The lowest BCUT2D eigenvalue weighted by atomic mass is 10.3. The van der Waals surface area contributed by atoms with Crippen molar-refractivity contribution in [3.05, 3.63) is 30.9 Å². The van der Waals surface area contributed by atoms with Crippen LogP contribution in [0.4, 0.5) is 0 Å². The third kappa shape index (κ3) is 6.51. The molecule has 21 heavy (non-hydrogen) atoms. The second-order valence-electron chi connectivity index (χ2n) is 4.94. The number of benzene rings is 1. The van der Waals surface area contributed by atoms with Crippen LogP contribution < -0.4 is 19.5 Å². The van der Waals surface area contributed by atoms with Crippen LogP contribution in [0.15, 0.2) is 30.9 Å². The number of hydrogen-bond acceptors (Lipinski definition) is 5. The number of nitrogens with one attached hydrogen (secondary N) is 1. The van der Waals surface area contributed by atoms with Gasteiger partial charge in [0.2, 0.25) is 0 Å². The molecule has 0 bridgehead atoms. The van der Waals surface area contributed by atoms with Gasteiger partial charge in [-0.25, -0.2) is 0 Å². The van der Waals surface area contributed by atoms with E-state index in [0.717, 1.165) is 0 Å². The molecule has 0 radical (unpaired) electrons. The van der Waals surface area contributed by atoms with Gasteiger partial charge in [0.1, 0.15) is 25.1 Å². The smallest absolute Gasteiger partial charge is 0.165 e. The van der Waals surface area contributed by atoms with Gasteiger partial charge in [-0.05, 0) is 12.1 Å². The fourth-order valence-corrected chi connectivity index (χ4v) is 1.61. The summed E-state index contributed by atoms with van der Waals surface area (Å²) < 4.78 is 16.3. The number of hydrogen-bond donors (Lipinski definition) is 2. The molecule has 5 heteroatoms. The maximum atomic E-state index is 9.88. The van der Waals surface area contributed by atoms with E-state index in [0.29, 0.717) is 36.4 Å². The van der Waals surface area contributed by atoms with Crippen molar-refractivity contribution < 1.29 is 19.3 Å². The minimum atomic E-state index is -0.592. The first kappa shape index (κ1) is 17.3. The lowest BCUT2D eigenvalue weighted by molar-refractivity contribution is 0.102. The van der Waals surface area contributed by atoms with Crippen LogP contribution in [0.5, 0.6) is 17.2 Å². The van der Waals surface area contributed by atoms with Gasteiger partial charge < -0.3 is 24.6 Å². The van der Waals surface area contributed by atoms with Gasteiger partial charge in [0.25, 0.3) is 0 Å². The number of methoxy groups -OCH3 is 1. The molecule has 0 saturated carbocycles. The Labute approximate surface area is 126 Å². The highest BCUT2D eigenvalue weighted by Gasteiger charge is 2.11. The van der Waals surface area contributed by atoms with Crippen molar-refractivity contribution in [3.8, 4) is 17.2 Å². The van der Waals surface area contributed by atoms with E-state index in [1.807, 2.05) is 13.8 Å². The van der Waals surface area contributed by atoms with Crippen LogP contribution in [0.1, 0.15) is 13.8 Å². The predicted octanol–water partition coefficient (Wildman–Crippen LogP) is 2.00. The van der Waals surface area contributed by atoms with E-state index in [1.165, 1.54) is 0 Å². The molecule has 0 aliphatic carbocycles. The fraction of sp³-hybridized carbons (Fsp3) is 0.500. The van der Waals surface area contributed by atoms with Crippen LogP contribution in [0.2, 0.25) is 0 Å². The monoisotopic (exact) mass is 295 g/mol. The molecule has 0 heterocycles. The molecule has 5 nitrogen and oxygen atoms in total. The Morgan fingerprint density at radius 3 is 2.67 bits per heavy atom. The molecule has 2 N–H and O–H groups in total. The van der Waals surface area contributed by atoms with Gasteiger partial charge in [-0.1, -0.05) is 26.5 Å². The third-order valence-electron chi connectivity index (χ3n) is 2.70. The minimum Gasteiger partial charge on any atom is -0.497 e. The lowest BCUT2D eigenvalue weighted by Gasteiger charge is -2.17. The molecule has 1 aromatic rings. The molecule has 1 rings (SSSR count).